The number of carbonyl (C=O) groups is 1. The van der Waals surface area contributed by atoms with E-state index in [0.29, 0.717) is 24.5 Å². The van der Waals surface area contributed by atoms with Gasteiger partial charge in [0.2, 0.25) is 0 Å². The Bertz CT molecular complexity index is 953. The highest BCUT2D eigenvalue weighted by Crippen LogP contribution is 2.36. The summed E-state index contributed by atoms with van der Waals surface area (Å²) in [4.78, 5) is 12.5. The van der Waals surface area contributed by atoms with Crippen molar-refractivity contribution in [3.63, 3.8) is 0 Å². The van der Waals surface area contributed by atoms with Crippen molar-refractivity contribution >= 4 is 11.5 Å². The van der Waals surface area contributed by atoms with Crippen LogP contribution in [0.1, 0.15) is 33.9 Å². The Morgan fingerprint density at radius 1 is 0.963 bits per heavy atom. The van der Waals surface area contributed by atoms with Gasteiger partial charge in [0.15, 0.2) is 17.3 Å². The first kappa shape index (κ1) is 17.2. The summed E-state index contributed by atoms with van der Waals surface area (Å²) in [6, 6.07) is 23.4. The van der Waals surface area contributed by atoms with Crippen LogP contribution in [0.15, 0.2) is 72.8 Å². The van der Waals surface area contributed by atoms with Crippen molar-refractivity contribution in [2.45, 2.75) is 19.1 Å². The van der Waals surface area contributed by atoms with Gasteiger partial charge in [-0.15, -0.1) is 0 Å². The zero-order valence-electron chi connectivity index (χ0n) is 15.1. The number of hydrogen-bond donors (Lipinski definition) is 1. The maximum Gasteiger partial charge on any atom is 0.167 e. The Morgan fingerprint density at radius 3 is 2.56 bits per heavy atom. The molecule has 136 valence electrons. The average Bonchev–Trinajstić information content (AvgIpc) is 2.73. The van der Waals surface area contributed by atoms with Gasteiger partial charge in [0.05, 0.1) is 13.2 Å². The van der Waals surface area contributed by atoms with Crippen molar-refractivity contribution in [3.8, 4) is 11.5 Å². The molecule has 3 aromatic carbocycles. The third-order valence-electron chi connectivity index (χ3n) is 4.77. The number of Topliss-reactive ketones (excluding diaryl/α,β-unsaturated/α-hetero) is 1. The highest BCUT2D eigenvalue weighted by molar-refractivity contribution is 6.03. The fraction of sp³-hybridized carbons (Fsp3) is 0.174. The smallest absolute Gasteiger partial charge is 0.167 e. The van der Waals surface area contributed by atoms with Gasteiger partial charge < -0.3 is 14.8 Å². The molecule has 0 saturated heterocycles. The zero-order valence-corrected chi connectivity index (χ0v) is 15.1. The summed E-state index contributed by atoms with van der Waals surface area (Å²) < 4.78 is 11.4. The lowest BCUT2D eigenvalue weighted by Gasteiger charge is -2.27. The predicted molar refractivity (Wildman–Crippen MR) is 106 cm³/mol. The van der Waals surface area contributed by atoms with Gasteiger partial charge in [-0.3, -0.25) is 4.79 Å². The molecule has 27 heavy (non-hydrogen) atoms. The SMILES string of the molecule is COc1cc(C2CC(=O)c3ccccc3N2)ccc1OCc1ccccc1. The lowest BCUT2D eigenvalue weighted by molar-refractivity contribution is 0.0972. The number of methoxy groups -OCH3 is 1. The summed E-state index contributed by atoms with van der Waals surface area (Å²) in [5.74, 6) is 1.50. The Hall–Kier alpha value is -3.27. The summed E-state index contributed by atoms with van der Waals surface area (Å²) in [5, 5.41) is 3.46. The van der Waals surface area contributed by atoms with Crippen molar-refractivity contribution in [2.24, 2.45) is 0 Å². The number of fused-ring (bicyclic) bond motifs is 1. The van der Waals surface area contributed by atoms with Gasteiger partial charge in [-0.05, 0) is 35.4 Å². The van der Waals surface area contributed by atoms with Crippen LogP contribution in [0.25, 0.3) is 0 Å². The molecule has 0 saturated carbocycles. The molecular formula is C23H21NO3. The molecule has 0 bridgehead atoms. The van der Waals surface area contributed by atoms with Crippen LogP contribution < -0.4 is 14.8 Å². The molecule has 0 fully saturated rings. The number of hydrogen-bond acceptors (Lipinski definition) is 4. The zero-order chi connectivity index (χ0) is 18.6. The van der Waals surface area contributed by atoms with Gasteiger partial charge >= 0.3 is 0 Å². The van der Waals surface area contributed by atoms with E-state index in [9.17, 15) is 4.79 Å². The Labute approximate surface area is 158 Å². The number of para-hydroxylation sites is 1. The van der Waals surface area contributed by atoms with E-state index in [-0.39, 0.29) is 11.8 Å². The van der Waals surface area contributed by atoms with Crippen LogP contribution in [0.2, 0.25) is 0 Å². The van der Waals surface area contributed by atoms with Crippen molar-refractivity contribution in [1.29, 1.82) is 0 Å². The Kier molecular flexibility index (Phi) is 4.79. The molecule has 0 radical (unpaired) electrons. The second-order valence-corrected chi connectivity index (χ2v) is 6.55. The van der Waals surface area contributed by atoms with Gasteiger partial charge in [-0.2, -0.15) is 0 Å². The topological polar surface area (TPSA) is 47.6 Å². The molecule has 0 aromatic heterocycles. The van der Waals surface area contributed by atoms with Crippen molar-refractivity contribution < 1.29 is 14.3 Å². The van der Waals surface area contributed by atoms with E-state index in [0.717, 1.165) is 22.4 Å². The summed E-state index contributed by atoms with van der Waals surface area (Å²) in [5.41, 5.74) is 3.73. The molecule has 4 heteroatoms. The third-order valence-corrected chi connectivity index (χ3v) is 4.77. The number of ether oxygens (including phenoxy) is 2. The standard InChI is InChI=1S/C23H21NO3/c1-26-23-13-17(11-12-22(23)27-15-16-7-3-2-4-8-16)20-14-21(25)18-9-5-6-10-19(18)24-20/h2-13,20,24H,14-15H2,1H3. The van der Waals surface area contributed by atoms with Crippen LogP contribution in [0.4, 0.5) is 5.69 Å². The second kappa shape index (κ2) is 7.54. The summed E-state index contributed by atoms with van der Waals surface area (Å²) in [6.07, 6.45) is 0.421. The normalized spacial score (nSPS) is 15.6. The van der Waals surface area contributed by atoms with E-state index in [1.165, 1.54) is 0 Å². The Morgan fingerprint density at radius 2 is 1.74 bits per heavy atom. The quantitative estimate of drug-likeness (QED) is 0.695. The van der Waals surface area contributed by atoms with E-state index in [1.807, 2.05) is 72.8 Å². The maximum atomic E-state index is 12.5. The number of benzene rings is 3. The first-order valence-corrected chi connectivity index (χ1v) is 8.98. The molecule has 4 rings (SSSR count). The maximum absolute atomic E-state index is 12.5. The van der Waals surface area contributed by atoms with Gasteiger partial charge in [0.25, 0.3) is 0 Å². The fourth-order valence-corrected chi connectivity index (χ4v) is 3.34. The first-order valence-electron chi connectivity index (χ1n) is 8.98. The van der Waals surface area contributed by atoms with Crippen molar-refractivity contribution in [1.82, 2.24) is 0 Å². The van der Waals surface area contributed by atoms with E-state index in [4.69, 9.17) is 9.47 Å². The minimum absolute atomic E-state index is 0.0792. The number of ketones is 1. The molecule has 1 heterocycles. The van der Waals surface area contributed by atoms with Crippen LogP contribution in [0.5, 0.6) is 11.5 Å². The van der Waals surface area contributed by atoms with Crippen molar-refractivity contribution in [3.05, 3.63) is 89.5 Å². The average molecular weight is 359 g/mol. The molecule has 4 nitrogen and oxygen atoms in total. The van der Waals surface area contributed by atoms with E-state index >= 15 is 0 Å². The molecule has 1 aliphatic heterocycles. The lowest BCUT2D eigenvalue weighted by Crippen LogP contribution is -2.22. The molecule has 3 aromatic rings. The number of anilines is 1. The van der Waals surface area contributed by atoms with E-state index < -0.39 is 0 Å². The van der Waals surface area contributed by atoms with Gasteiger partial charge in [0.1, 0.15) is 6.61 Å². The predicted octanol–water partition coefficient (Wildman–Crippen LogP) is 5.01. The van der Waals surface area contributed by atoms with Crippen LogP contribution >= 0.6 is 0 Å². The molecule has 1 unspecified atom stereocenters. The minimum atomic E-state index is -0.0792. The van der Waals surface area contributed by atoms with Crippen LogP contribution in [-0.2, 0) is 6.61 Å². The fourth-order valence-electron chi connectivity index (χ4n) is 3.34. The Balaban J connectivity index is 1.54. The largest absolute Gasteiger partial charge is 0.493 e. The summed E-state index contributed by atoms with van der Waals surface area (Å²) in [6.45, 7) is 0.476. The molecule has 0 aliphatic carbocycles. The molecule has 1 aliphatic rings. The summed E-state index contributed by atoms with van der Waals surface area (Å²) in [7, 11) is 1.63. The van der Waals surface area contributed by atoms with E-state index in [1.54, 1.807) is 7.11 Å². The van der Waals surface area contributed by atoms with E-state index in [2.05, 4.69) is 5.32 Å². The van der Waals surface area contributed by atoms with Gasteiger partial charge in [-0.1, -0.05) is 48.5 Å². The monoisotopic (exact) mass is 359 g/mol. The highest BCUT2D eigenvalue weighted by Gasteiger charge is 2.25. The molecule has 0 spiro atoms. The number of carbonyl (C=O) groups excluding carboxylic acids is 1. The minimum Gasteiger partial charge on any atom is -0.493 e. The second-order valence-electron chi connectivity index (χ2n) is 6.55. The van der Waals surface area contributed by atoms with Crippen LogP contribution in [0, 0.1) is 0 Å². The number of rotatable bonds is 5. The highest BCUT2D eigenvalue weighted by atomic mass is 16.5. The van der Waals surface area contributed by atoms with Crippen molar-refractivity contribution in [2.75, 3.05) is 12.4 Å². The molecule has 1 atom stereocenters. The van der Waals surface area contributed by atoms with Crippen LogP contribution in [0.3, 0.4) is 0 Å². The van der Waals surface area contributed by atoms with Crippen LogP contribution in [-0.4, -0.2) is 12.9 Å². The molecule has 0 amide bonds. The van der Waals surface area contributed by atoms with Gasteiger partial charge in [0, 0.05) is 17.7 Å². The molecular weight excluding hydrogens is 338 g/mol. The lowest BCUT2D eigenvalue weighted by atomic mass is 9.92. The summed E-state index contributed by atoms with van der Waals surface area (Å²) >= 11 is 0. The number of nitrogens with one attached hydrogen (secondary N) is 1. The third kappa shape index (κ3) is 3.65. The first-order chi connectivity index (χ1) is 13.2. The van der Waals surface area contributed by atoms with Gasteiger partial charge in [-0.25, -0.2) is 0 Å². The molecule has 1 N–H and O–H groups in total.